The maximum absolute atomic E-state index is 5.36. The van der Waals surface area contributed by atoms with Crippen molar-refractivity contribution >= 4 is 11.3 Å². The summed E-state index contributed by atoms with van der Waals surface area (Å²) in [7, 11) is 1.91. The first-order valence-electron chi connectivity index (χ1n) is 3.96. The minimum absolute atomic E-state index is 0.631. The van der Waals surface area contributed by atoms with Crippen LogP contribution in [0, 0.1) is 6.92 Å². The zero-order valence-electron chi connectivity index (χ0n) is 7.46. The topological polar surface area (TPSA) is 34.1 Å². The molecule has 0 saturated heterocycles. The first kappa shape index (κ1) is 9.64. The normalized spacial score (nSPS) is 10.5. The first-order chi connectivity index (χ1) is 5.83. The van der Waals surface area contributed by atoms with Gasteiger partial charge in [0.25, 0.3) is 0 Å². The van der Waals surface area contributed by atoms with Gasteiger partial charge in [-0.3, -0.25) is 0 Å². The monoisotopic (exact) mass is 186 g/mol. The highest BCUT2D eigenvalue weighted by Gasteiger charge is 1.96. The first-order valence-corrected chi connectivity index (χ1v) is 4.84. The van der Waals surface area contributed by atoms with Gasteiger partial charge < -0.3 is 10.1 Å². The van der Waals surface area contributed by atoms with Crippen molar-refractivity contribution in [1.82, 2.24) is 10.3 Å². The van der Waals surface area contributed by atoms with Gasteiger partial charge in [-0.1, -0.05) is 0 Å². The Morgan fingerprint density at radius 2 is 2.50 bits per heavy atom. The number of nitrogens with one attached hydrogen (secondary N) is 1. The average molecular weight is 186 g/mol. The Morgan fingerprint density at radius 1 is 1.67 bits per heavy atom. The lowest BCUT2D eigenvalue weighted by molar-refractivity contribution is 0.122. The molecule has 0 spiro atoms. The zero-order valence-corrected chi connectivity index (χ0v) is 8.28. The Morgan fingerprint density at radius 3 is 3.08 bits per heavy atom. The van der Waals surface area contributed by atoms with E-state index in [1.807, 2.05) is 19.4 Å². The average Bonchev–Trinajstić information content (AvgIpc) is 2.45. The highest BCUT2D eigenvalue weighted by molar-refractivity contribution is 7.09. The van der Waals surface area contributed by atoms with Crippen molar-refractivity contribution in [1.29, 1.82) is 0 Å². The summed E-state index contributed by atoms with van der Waals surface area (Å²) in [5.41, 5.74) is 1.04. The fourth-order valence-corrected chi connectivity index (χ4v) is 1.42. The second kappa shape index (κ2) is 5.24. The van der Waals surface area contributed by atoms with Gasteiger partial charge in [0.2, 0.25) is 0 Å². The largest absolute Gasteiger partial charge is 0.374 e. The van der Waals surface area contributed by atoms with Crippen LogP contribution < -0.4 is 5.32 Å². The number of nitrogens with zero attached hydrogens (tertiary/aromatic N) is 1. The van der Waals surface area contributed by atoms with Crippen molar-refractivity contribution in [3.8, 4) is 0 Å². The van der Waals surface area contributed by atoms with Crippen LogP contribution >= 0.6 is 11.3 Å². The highest BCUT2D eigenvalue weighted by atomic mass is 32.1. The van der Waals surface area contributed by atoms with Gasteiger partial charge in [0.05, 0.1) is 23.9 Å². The fraction of sp³-hybridized carbons (Fsp3) is 0.625. The van der Waals surface area contributed by atoms with E-state index in [1.165, 1.54) is 0 Å². The number of ether oxygens (including phenoxy) is 1. The van der Waals surface area contributed by atoms with Crippen molar-refractivity contribution in [2.45, 2.75) is 13.5 Å². The summed E-state index contributed by atoms with van der Waals surface area (Å²) in [6.45, 7) is 4.27. The predicted octanol–water partition coefficient (Wildman–Crippen LogP) is 1.19. The van der Waals surface area contributed by atoms with E-state index < -0.39 is 0 Å². The second-order valence-corrected chi connectivity index (χ2v) is 3.58. The van der Waals surface area contributed by atoms with Crippen LogP contribution in [0.15, 0.2) is 5.38 Å². The van der Waals surface area contributed by atoms with Crippen LogP contribution in [-0.2, 0) is 11.3 Å². The molecule has 1 aromatic heterocycles. The molecular formula is C8H14N2OS. The molecule has 3 nitrogen and oxygen atoms in total. The van der Waals surface area contributed by atoms with E-state index in [1.54, 1.807) is 11.3 Å². The van der Waals surface area contributed by atoms with Gasteiger partial charge >= 0.3 is 0 Å². The van der Waals surface area contributed by atoms with E-state index in [2.05, 4.69) is 10.3 Å². The Kier molecular flexibility index (Phi) is 4.21. The molecule has 0 aliphatic heterocycles. The minimum atomic E-state index is 0.631. The molecule has 0 aliphatic carbocycles. The van der Waals surface area contributed by atoms with Crippen molar-refractivity contribution in [2.24, 2.45) is 0 Å². The number of hydrogen-bond acceptors (Lipinski definition) is 4. The van der Waals surface area contributed by atoms with E-state index in [-0.39, 0.29) is 0 Å². The minimum Gasteiger partial charge on any atom is -0.374 e. The molecule has 0 fully saturated rings. The molecule has 1 heterocycles. The van der Waals surface area contributed by atoms with Crippen LogP contribution in [0.3, 0.4) is 0 Å². The molecule has 0 aliphatic rings. The Balaban J connectivity index is 2.15. The van der Waals surface area contributed by atoms with Crippen molar-refractivity contribution in [2.75, 3.05) is 20.2 Å². The maximum Gasteiger partial charge on any atom is 0.0898 e. The third kappa shape index (κ3) is 3.30. The van der Waals surface area contributed by atoms with Crippen molar-refractivity contribution in [3.05, 3.63) is 16.1 Å². The number of likely N-dealkylation sites (N-methyl/N-ethyl adjacent to an activating group) is 1. The van der Waals surface area contributed by atoms with Gasteiger partial charge in [-0.05, 0) is 14.0 Å². The predicted molar refractivity (Wildman–Crippen MR) is 50.4 cm³/mol. The van der Waals surface area contributed by atoms with Gasteiger partial charge in [0, 0.05) is 11.9 Å². The maximum atomic E-state index is 5.36. The van der Waals surface area contributed by atoms with Crippen molar-refractivity contribution < 1.29 is 4.74 Å². The zero-order chi connectivity index (χ0) is 8.81. The Bertz CT molecular complexity index is 225. The lowest BCUT2D eigenvalue weighted by Crippen LogP contribution is -2.14. The Labute approximate surface area is 76.8 Å². The summed E-state index contributed by atoms with van der Waals surface area (Å²) < 4.78 is 5.36. The summed E-state index contributed by atoms with van der Waals surface area (Å²) in [4.78, 5) is 4.28. The molecule has 0 unspecified atom stereocenters. The molecule has 0 bridgehead atoms. The molecule has 0 radical (unpaired) electrons. The number of rotatable bonds is 5. The molecule has 0 amide bonds. The standard InChI is InChI=1S/C8H14N2OS/c1-7-10-8(6-12-7)5-11-4-3-9-2/h6,9H,3-5H2,1-2H3. The van der Waals surface area contributed by atoms with Gasteiger partial charge in [-0.25, -0.2) is 4.98 Å². The fourth-order valence-electron chi connectivity index (χ4n) is 0.825. The summed E-state index contributed by atoms with van der Waals surface area (Å²) in [6, 6.07) is 0. The van der Waals surface area contributed by atoms with Crippen LogP contribution in [-0.4, -0.2) is 25.2 Å². The van der Waals surface area contributed by atoms with E-state index in [9.17, 15) is 0 Å². The molecule has 1 aromatic rings. The van der Waals surface area contributed by atoms with Gasteiger partial charge in [-0.15, -0.1) is 11.3 Å². The summed E-state index contributed by atoms with van der Waals surface area (Å²) >= 11 is 1.66. The summed E-state index contributed by atoms with van der Waals surface area (Å²) in [5.74, 6) is 0. The number of aryl methyl sites for hydroxylation is 1. The molecule has 1 N–H and O–H groups in total. The van der Waals surface area contributed by atoms with E-state index in [4.69, 9.17) is 4.74 Å². The van der Waals surface area contributed by atoms with Gasteiger partial charge in [-0.2, -0.15) is 0 Å². The molecular weight excluding hydrogens is 172 g/mol. The van der Waals surface area contributed by atoms with Crippen LogP contribution in [0.1, 0.15) is 10.7 Å². The molecule has 12 heavy (non-hydrogen) atoms. The SMILES string of the molecule is CNCCOCc1csc(C)n1. The molecule has 68 valence electrons. The van der Waals surface area contributed by atoms with Gasteiger partial charge in [0.1, 0.15) is 0 Å². The lowest BCUT2D eigenvalue weighted by Gasteiger charge is -1.99. The number of hydrogen-bond donors (Lipinski definition) is 1. The number of aromatic nitrogens is 1. The molecule has 1 rings (SSSR count). The Hall–Kier alpha value is -0.450. The highest BCUT2D eigenvalue weighted by Crippen LogP contribution is 2.08. The van der Waals surface area contributed by atoms with Crippen LogP contribution in [0.25, 0.3) is 0 Å². The van der Waals surface area contributed by atoms with Crippen molar-refractivity contribution in [3.63, 3.8) is 0 Å². The number of thiazole rings is 1. The van der Waals surface area contributed by atoms with E-state index in [0.29, 0.717) is 6.61 Å². The quantitative estimate of drug-likeness (QED) is 0.701. The third-order valence-corrected chi connectivity index (χ3v) is 2.24. The molecule has 0 saturated carbocycles. The molecule has 0 atom stereocenters. The molecule has 0 aromatic carbocycles. The van der Waals surface area contributed by atoms with E-state index in [0.717, 1.165) is 23.9 Å². The smallest absolute Gasteiger partial charge is 0.0898 e. The van der Waals surface area contributed by atoms with Gasteiger partial charge in [0.15, 0.2) is 0 Å². The lowest BCUT2D eigenvalue weighted by atomic mass is 10.5. The molecule has 4 heteroatoms. The summed E-state index contributed by atoms with van der Waals surface area (Å²) in [5, 5.41) is 6.15. The van der Waals surface area contributed by atoms with E-state index >= 15 is 0 Å². The van der Waals surface area contributed by atoms with Crippen LogP contribution in [0.2, 0.25) is 0 Å². The summed E-state index contributed by atoms with van der Waals surface area (Å²) in [6.07, 6.45) is 0. The van der Waals surface area contributed by atoms with Crippen LogP contribution in [0.5, 0.6) is 0 Å². The third-order valence-electron chi connectivity index (χ3n) is 1.41. The van der Waals surface area contributed by atoms with Crippen LogP contribution in [0.4, 0.5) is 0 Å². The second-order valence-electron chi connectivity index (χ2n) is 2.51.